The molecule has 0 saturated heterocycles. The molecule has 0 aliphatic rings. The number of likely N-dealkylation sites (N-methyl/N-ethyl adjacent to an activating group) is 1. The average molecular weight is 279 g/mol. The van der Waals surface area contributed by atoms with Crippen LogP contribution in [-0.4, -0.2) is 41.7 Å². The molecule has 0 heterocycles. The summed E-state index contributed by atoms with van der Waals surface area (Å²) in [6.07, 6.45) is 0.299. The Bertz CT molecular complexity index is 469. The molecule has 0 unspecified atom stereocenters. The lowest BCUT2D eigenvalue weighted by Gasteiger charge is -2.34. The molecule has 1 aromatic carbocycles. The van der Waals surface area contributed by atoms with Crippen molar-refractivity contribution in [3.8, 4) is 5.75 Å². The summed E-state index contributed by atoms with van der Waals surface area (Å²) in [5.74, 6) is 0.788. The third-order valence-corrected chi connectivity index (χ3v) is 3.80. The summed E-state index contributed by atoms with van der Waals surface area (Å²) >= 11 is 0. The number of ether oxygens (including phenoxy) is 1. The maximum absolute atomic E-state index is 12.0. The fourth-order valence-corrected chi connectivity index (χ4v) is 1.74. The molecule has 4 nitrogen and oxygen atoms in total. The number of aryl methyl sites for hydroxylation is 1. The number of carbonyl (C=O) groups excluding carboxylic acids is 1. The first-order valence-electron chi connectivity index (χ1n) is 6.86. The highest BCUT2D eigenvalue weighted by atomic mass is 16.5. The van der Waals surface area contributed by atoms with Gasteiger partial charge in [-0.05, 0) is 44.9 Å². The van der Waals surface area contributed by atoms with E-state index in [-0.39, 0.29) is 12.5 Å². The van der Waals surface area contributed by atoms with Crippen molar-refractivity contribution in [3.05, 3.63) is 29.3 Å². The molecule has 0 aromatic heterocycles. The van der Waals surface area contributed by atoms with Gasteiger partial charge in [-0.2, -0.15) is 0 Å². The summed E-state index contributed by atoms with van der Waals surface area (Å²) in [7, 11) is 1.70. The number of nitrogens with zero attached hydrogens (tertiary/aromatic N) is 1. The second-order valence-corrected chi connectivity index (χ2v) is 5.72. The van der Waals surface area contributed by atoms with Crippen LogP contribution in [0.1, 0.15) is 31.4 Å². The van der Waals surface area contributed by atoms with Gasteiger partial charge in [-0.3, -0.25) is 4.79 Å². The van der Waals surface area contributed by atoms with Crippen molar-refractivity contribution in [2.24, 2.45) is 0 Å². The summed E-state index contributed by atoms with van der Waals surface area (Å²) in [5, 5.41) is 9.26. The van der Waals surface area contributed by atoms with Gasteiger partial charge >= 0.3 is 0 Å². The van der Waals surface area contributed by atoms with E-state index in [0.29, 0.717) is 13.0 Å². The quantitative estimate of drug-likeness (QED) is 0.869. The van der Waals surface area contributed by atoms with Gasteiger partial charge < -0.3 is 14.7 Å². The van der Waals surface area contributed by atoms with Crippen LogP contribution in [0.2, 0.25) is 0 Å². The molecular formula is C16H25NO3. The molecule has 1 N–H and O–H groups in total. The van der Waals surface area contributed by atoms with Crippen LogP contribution >= 0.6 is 0 Å². The molecule has 0 spiro atoms. The number of hydrogen-bond donors (Lipinski definition) is 1. The second kappa shape index (κ2) is 6.75. The molecule has 0 bridgehead atoms. The van der Waals surface area contributed by atoms with Crippen molar-refractivity contribution in [2.45, 2.75) is 39.7 Å². The minimum absolute atomic E-state index is 0.0330. The van der Waals surface area contributed by atoms with Gasteiger partial charge in [-0.25, -0.2) is 0 Å². The van der Waals surface area contributed by atoms with E-state index in [0.717, 1.165) is 11.3 Å². The predicted molar refractivity (Wildman–Crippen MR) is 80.0 cm³/mol. The van der Waals surface area contributed by atoms with E-state index < -0.39 is 5.54 Å². The lowest BCUT2D eigenvalue weighted by atomic mass is 10.0. The Kier molecular flexibility index (Phi) is 5.57. The summed E-state index contributed by atoms with van der Waals surface area (Å²) in [5.41, 5.74) is 1.73. The van der Waals surface area contributed by atoms with Gasteiger partial charge in [0, 0.05) is 7.05 Å². The molecule has 1 aromatic rings. The molecule has 0 radical (unpaired) electrons. The smallest absolute Gasteiger partial charge is 0.226 e. The Morgan fingerprint density at radius 1 is 1.35 bits per heavy atom. The van der Waals surface area contributed by atoms with E-state index in [1.165, 1.54) is 5.56 Å². The maximum atomic E-state index is 12.0. The number of aliphatic hydroxyl groups is 1. The van der Waals surface area contributed by atoms with Gasteiger partial charge in [0.15, 0.2) is 0 Å². The van der Waals surface area contributed by atoms with E-state index in [1.54, 1.807) is 11.9 Å². The van der Waals surface area contributed by atoms with Crippen molar-refractivity contribution in [1.29, 1.82) is 0 Å². The maximum Gasteiger partial charge on any atom is 0.226 e. The molecule has 0 saturated carbocycles. The van der Waals surface area contributed by atoms with Crippen LogP contribution in [0.5, 0.6) is 5.75 Å². The fraction of sp³-hybridized carbons (Fsp3) is 0.562. The summed E-state index contributed by atoms with van der Waals surface area (Å²) in [4.78, 5) is 13.6. The minimum Gasteiger partial charge on any atom is -0.493 e. The topological polar surface area (TPSA) is 49.8 Å². The molecule has 0 aliphatic carbocycles. The van der Waals surface area contributed by atoms with Crippen molar-refractivity contribution in [1.82, 2.24) is 4.90 Å². The van der Waals surface area contributed by atoms with E-state index in [9.17, 15) is 9.90 Å². The van der Waals surface area contributed by atoms with Gasteiger partial charge in [0.25, 0.3) is 0 Å². The van der Waals surface area contributed by atoms with Gasteiger partial charge in [-0.15, -0.1) is 0 Å². The zero-order valence-corrected chi connectivity index (χ0v) is 13.1. The van der Waals surface area contributed by atoms with Crippen LogP contribution < -0.4 is 4.74 Å². The monoisotopic (exact) mass is 279 g/mol. The Labute approximate surface area is 121 Å². The molecule has 1 amide bonds. The van der Waals surface area contributed by atoms with Crippen LogP contribution in [0.3, 0.4) is 0 Å². The number of benzene rings is 1. The van der Waals surface area contributed by atoms with Crippen LogP contribution in [0.25, 0.3) is 0 Å². The zero-order chi connectivity index (χ0) is 15.3. The van der Waals surface area contributed by atoms with Crippen LogP contribution in [0, 0.1) is 13.8 Å². The molecule has 0 atom stereocenters. The Hall–Kier alpha value is -1.55. The van der Waals surface area contributed by atoms with E-state index in [4.69, 9.17) is 4.74 Å². The molecule has 20 heavy (non-hydrogen) atoms. The number of carbonyl (C=O) groups is 1. The first-order chi connectivity index (χ1) is 9.29. The average Bonchev–Trinajstić information content (AvgIpc) is 2.42. The highest BCUT2D eigenvalue weighted by Gasteiger charge is 2.26. The van der Waals surface area contributed by atoms with Crippen LogP contribution in [-0.2, 0) is 4.79 Å². The summed E-state index contributed by atoms with van der Waals surface area (Å²) < 4.78 is 5.67. The molecular weight excluding hydrogens is 254 g/mol. The lowest BCUT2D eigenvalue weighted by Crippen LogP contribution is -2.47. The van der Waals surface area contributed by atoms with Crippen LogP contribution in [0.15, 0.2) is 18.2 Å². The Morgan fingerprint density at radius 3 is 2.60 bits per heavy atom. The van der Waals surface area contributed by atoms with Crippen molar-refractivity contribution >= 4 is 5.91 Å². The first kappa shape index (κ1) is 16.5. The van der Waals surface area contributed by atoms with Gasteiger partial charge in [-0.1, -0.05) is 12.1 Å². The number of rotatable bonds is 6. The standard InChI is InChI=1S/C16H25NO3/c1-12-7-6-8-14(13(12)2)20-10-9-15(19)17(5)16(3,4)11-18/h6-8,18H,9-11H2,1-5H3. The van der Waals surface area contributed by atoms with Crippen molar-refractivity contribution < 1.29 is 14.6 Å². The third-order valence-electron chi connectivity index (χ3n) is 3.80. The Balaban J connectivity index is 2.52. The lowest BCUT2D eigenvalue weighted by molar-refractivity contribution is -0.136. The second-order valence-electron chi connectivity index (χ2n) is 5.72. The molecule has 112 valence electrons. The number of hydrogen-bond acceptors (Lipinski definition) is 3. The molecule has 4 heteroatoms. The Morgan fingerprint density at radius 2 is 2.00 bits per heavy atom. The van der Waals surface area contributed by atoms with Crippen molar-refractivity contribution in [3.63, 3.8) is 0 Å². The third kappa shape index (κ3) is 3.97. The summed E-state index contributed by atoms with van der Waals surface area (Å²) in [6, 6.07) is 5.89. The van der Waals surface area contributed by atoms with Crippen LogP contribution in [0.4, 0.5) is 0 Å². The highest BCUT2D eigenvalue weighted by Crippen LogP contribution is 2.21. The highest BCUT2D eigenvalue weighted by molar-refractivity contribution is 5.76. The number of aliphatic hydroxyl groups excluding tert-OH is 1. The fourth-order valence-electron chi connectivity index (χ4n) is 1.74. The summed E-state index contributed by atoms with van der Waals surface area (Å²) in [6.45, 7) is 7.98. The van der Waals surface area contributed by atoms with Gasteiger partial charge in [0.05, 0.1) is 25.2 Å². The van der Waals surface area contributed by atoms with E-state index in [2.05, 4.69) is 0 Å². The van der Waals surface area contributed by atoms with Gasteiger partial charge in [0.2, 0.25) is 5.91 Å². The predicted octanol–water partition coefficient (Wildman–Crippen LogP) is 2.30. The minimum atomic E-state index is -0.545. The normalized spacial score (nSPS) is 11.3. The zero-order valence-electron chi connectivity index (χ0n) is 13.1. The largest absolute Gasteiger partial charge is 0.493 e. The van der Waals surface area contributed by atoms with Crippen molar-refractivity contribution in [2.75, 3.05) is 20.3 Å². The molecule has 0 fully saturated rings. The molecule has 0 aliphatic heterocycles. The van der Waals surface area contributed by atoms with E-state index >= 15 is 0 Å². The first-order valence-corrected chi connectivity index (χ1v) is 6.86. The van der Waals surface area contributed by atoms with Gasteiger partial charge in [0.1, 0.15) is 5.75 Å². The van der Waals surface area contributed by atoms with E-state index in [1.807, 2.05) is 45.9 Å². The SMILES string of the molecule is Cc1cccc(OCCC(=O)N(C)C(C)(C)CO)c1C. The molecule has 1 rings (SSSR count). The number of amides is 1.